The minimum atomic E-state index is -0.111. The van der Waals surface area contributed by atoms with Crippen LogP contribution >= 0.6 is 11.3 Å². The molecule has 2 rings (SSSR count). The van der Waals surface area contributed by atoms with E-state index in [2.05, 4.69) is 10.5 Å². The molecule has 1 aromatic heterocycles. The Morgan fingerprint density at radius 2 is 2.05 bits per heavy atom. The van der Waals surface area contributed by atoms with Gasteiger partial charge in [0.15, 0.2) is 0 Å². The molecule has 0 saturated heterocycles. The summed E-state index contributed by atoms with van der Waals surface area (Å²) in [5.74, 6) is 0.684. The van der Waals surface area contributed by atoms with E-state index in [0.29, 0.717) is 6.42 Å². The number of amides is 1. The molecule has 0 spiro atoms. The van der Waals surface area contributed by atoms with Gasteiger partial charge in [-0.15, -0.1) is 11.3 Å². The predicted molar refractivity (Wildman–Crippen MR) is 81.4 cm³/mol. The second-order valence-corrected chi connectivity index (χ2v) is 5.25. The number of thiophene rings is 1. The molecule has 0 saturated carbocycles. The molecule has 1 amide bonds. The molecule has 5 heteroatoms. The zero-order valence-electron chi connectivity index (χ0n) is 11.4. The molecule has 0 aliphatic heterocycles. The SMILES string of the molecule is COc1ccc(/C(C)=N/NC(=O)Cc2cccs2)cc1. The molecular formula is C15H16N2O2S. The van der Waals surface area contributed by atoms with E-state index < -0.39 is 0 Å². The van der Waals surface area contributed by atoms with Crippen molar-refractivity contribution in [3.8, 4) is 5.75 Å². The highest BCUT2D eigenvalue weighted by atomic mass is 32.1. The maximum Gasteiger partial charge on any atom is 0.245 e. The lowest BCUT2D eigenvalue weighted by Crippen LogP contribution is -2.20. The van der Waals surface area contributed by atoms with Crippen LogP contribution in [-0.4, -0.2) is 18.7 Å². The number of nitrogens with zero attached hydrogens (tertiary/aromatic N) is 1. The van der Waals surface area contributed by atoms with Crippen LogP contribution in [0.2, 0.25) is 0 Å². The average molecular weight is 288 g/mol. The third-order valence-electron chi connectivity index (χ3n) is 2.77. The minimum absolute atomic E-state index is 0.111. The standard InChI is InChI=1S/C15H16N2O2S/c1-11(12-5-7-13(19-2)8-6-12)16-17-15(18)10-14-4-3-9-20-14/h3-9H,10H2,1-2H3,(H,17,18)/b16-11+. The zero-order chi connectivity index (χ0) is 14.4. The van der Waals surface area contributed by atoms with E-state index in [1.54, 1.807) is 18.4 Å². The highest BCUT2D eigenvalue weighted by Crippen LogP contribution is 2.12. The molecule has 1 heterocycles. The summed E-state index contributed by atoms with van der Waals surface area (Å²) in [6.45, 7) is 1.85. The highest BCUT2D eigenvalue weighted by molar-refractivity contribution is 7.10. The molecule has 0 unspecified atom stereocenters. The molecule has 0 bridgehead atoms. The summed E-state index contributed by atoms with van der Waals surface area (Å²) >= 11 is 1.56. The molecule has 0 aliphatic rings. The highest BCUT2D eigenvalue weighted by Gasteiger charge is 2.04. The zero-order valence-corrected chi connectivity index (χ0v) is 12.2. The van der Waals surface area contributed by atoms with Gasteiger partial charge in [-0.3, -0.25) is 4.79 Å². The van der Waals surface area contributed by atoms with Crippen molar-refractivity contribution in [1.82, 2.24) is 5.43 Å². The molecule has 104 valence electrons. The van der Waals surface area contributed by atoms with Gasteiger partial charge < -0.3 is 4.74 Å². The van der Waals surface area contributed by atoms with Crippen LogP contribution in [0, 0.1) is 0 Å². The maximum absolute atomic E-state index is 11.7. The number of rotatable bonds is 5. The Labute approximate surface area is 122 Å². The van der Waals surface area contributed by atoms with Gasteiger partial charge in [-0.25, -0.2) is 5.43 Å². The fourth-order valence-electron chi connectivity index (χ4n) is 1.65. The van der Waals surface area contributed by atoms with Gasteiger partial charge >= 0.3 is 0 Å². The Bertz CT molecular complexity index is 589. The van der Waals surface area contributed by atoms with Gasteiger partial charge in [0.1, 0.15) is 5.75 Å². The summed E-state index contributed by atoms with van der Waals surface area (Å²) in [6.07, 6.45) is 0.358. The van der Waals surface area contributed by atoms with Crippen molar-refractivity contribution in [3.05, 3.63) is 52.2 Å². The summed E-state index contributed by atoms with van der Waals surface area (Å²) < 4.78 is 5.10. The Morgan fingerprint density at radius 3 is 2.65 bits per heavy atom. The van der Waals surface area contributed by atoms with E-state index in [-0.39, 0.29) is 5.91 Å². The normalized spacial score (nSPS) is 11.2. The molecule has 0 atom stereocenters. The van der Waals surface area contributed by atoms with Crippen LogP contribution in [0.5, 0.6) is 5.75 Å². The largest absolute Gasteiger partial charge is 0.497 e. The number of methoxy groups -OCH3 is 1. The van der Waals surface area contributed by atoms with E-state index in [1.165, 1.54) is 0 Å². The number of benzene rings is 1. The van der Waals surface area contributed by atoms with Crippen molar-refractivity contribution in [2.75, 3.05) is 7.11 Å². The van der Waals surface area contributed by atoms with Gasteiger partial charge in [-0.05, 0) is 48.2 Å². The molecule has 1 N–H and O–H groups in total. The summed E-state index contributed by atoms with van der Waals surface area (Å²) in [5.41, 5.74) is 4.28. The Kier molecular flexibility index (Phi) is 4.90. The minimum Gasteiger partial charge on any atom is -0.497 e. The lowest BCUT2D eigenvalue weighted by molar-refractivity contribution is -0.120. The summed E-state index contributed by atoms with van der Waals surface area (Å²) in [7, 11) is 1.63. The smallest absolute Gasteiger partial charge is 0.245 e. The van der Waals surface area contributed by atoms with Crippen LogP contribution in [0.25, 0.3) is 0 Å². The van der Waals surface area contributed by atoms with Gasteiger partial charge in [0.2, 0.25) is 5.91 Å². The fourth-order valence-corrected chi connectivity index (χ4v) is 2.36. The summed E-state index contributed by atoms with van der Waals surface area (Å²) in [6, 6.07) is 11.4. The van der Waals surface area contributed by atoms with E-state index >= 15 is 0 Å². The topological polar surface area (TPSA) is 50.7 Å². The van der Waals surface area contributed by atoms with E-state index in [0.717, 1.165) is 21.9 Å². The molecule has 0 aliphatic carbocycles. The van der Waals surface area contributed by atoms with Gasteiger partial charge in [-0.2, -0.15) is 5.10 Å². The Hall–Kier alpha value is -2.14. The molecule has 1 aromatic carbocycles. The average Bonchev–Trinajstić information content (AvgIpc) is 2.97. The van der Waals surface area contributed by atoms with Gasteiger partial charge in [-0.1, -0.05) is 6.07 Å². The third-order valence-corrected chi connectivity index (χ3v) is 3.65. The van der Waals surface area contributed by atoms with Crippen molar-refractivity contribution in [3.63, 3.8) is 0 Å². The van der Waals surface area contributed by atoms with Crippen molar-refractivity contribution < 1.29 is 9.53 Å². The first-order valence-corrected chi connectivity index (χ1v) is 7.07. The number of carbonyl (C=O) groups excluding carboxylic acids is 1. The van der Waals surface area contributed by atoms with Crippen molar-refractivity contribution in [2.24, 2.45) is 5.10 Å². The lowest BCUT2D eigenvalue weighted by atomic mass is 10.1. The first-order chi connectivity index (χ1) is 9.69. The molecular weight excluding hydrogens is 272 g/mol. The maximum atomic E-state index is 11.7. The third kappa shape index (κ3) is 3.93. The van der Waals surface area contributed by atoms with Crippen LogP contribution < -0.4 is 10.2 Å². The van der Waals surface area contributed by atoms with Crippen molar-refractivity contribution in [2.45, 2.75) is 13.3 Å². The molecule has 2 aromatic rings. The lowest BCUT2D eigenvalue weighted by Gasteiger charge is -2.04. The second-order valence-electron chi connectivity index (χ2n) is 4.22. The first kappa shape index (κ1) is 14.3. The number of hydrogen-bond acceptors (Lipinski definition) is 4. The van der Waals surface area contributed by atoms with Crippen molar-refractivity contribution >= 4 is 23.0 Å². The van der Waals surface area contributed by atoms with E-state index in [9.17, 15) is 4.79 Å². The van der Waals surface area contributed by atoms with Crippen LogP contribution in [-0.2, 0) is 11.2 Å². The van der Waals surface area contributed by atoms with Crippen LogP contribution in [0.15, 0.2) is 46.9 Å². The quantitative estimate of drug-likeness (QED) is 0.679. The second kappa shape index (κ2) is 6.86. The van der Waals surface area contributed by atoms with Crippen LogP contribution in [0.4, 0.5) is 0 Å². The molecule has 4 nitrogen and oxygen atoms in total. The van der Waals surface area contributed by atoms with Gasteiger partial charge in [0.25, 0.3) is 0 Å². The predicted octanol–water partition coefficient (Wildman–Crippen LogP) is 2.84. The van der Waals surface area contributed by atoms with Crippen molar-refractivity contribution in [1.29, 1.82) is 0 Å². The van der Waals surface area contributed by atoms with Crippen LogP contribution in [0.1, 0.15) is 17.4 Å². The van der Waals surface area contributed by atoms with Gasteiger partial charge in [0.05, 0.1) is 19.2 Å². The Balaban J connectivity index is 1.94. The van der Waals surface area contributed by atoms with Gasteiger partial charge in [0, 0.05) is 4.88 Å². The molecule has 0 fully saturated rings. The number of carbonyl (C=O) groups is 1. The Morgan fingerprint density at radius 1 is 1.30 bits per heavy atom. The number of hydrogen-bond donors (Lipinski definition) is 1. The van der Waals surface area contributed by atoms with E-state index in [4.69, 9.17) is 4.74 Å². The number of hydrazone groups is 1. The number of ether oxygens (including phenoxy) is 1. The van der Waals surface area contributed by atoms with E-state index in [1.807, 2.05) is 48.7 Å². The first-order valence-electron chi connectivity index (χ1n) is 6.19. The number of nitrogens with one attached hydrogen (secondary N) is 1. The monoisotopic (exact) mass is 288 g/mol. The summed E-state index contributed by atoms with van der Waals surface area (Å²) in [5, 5.41) is 6.06. The molecule has 0 radical (unpaired) electrons. The summed E-state index contributed by atoms with van der Waals surface area (Å²) in [4.78, 5) is 12.7. The van der Waals surface area contributed by atoms with Crippen LogP contribution in [0.3, 0.4) is 0 Å². The molecule has 20 heavy (non-hydrogen) atoms. The fraction of sp³-hybridized carbons (Fsp3) is 0.200.